The molecule has 2 aliphatic rings. The van der Waals surface area contributed by atoms with Gasteiger partial charge in [0.2, 0.25) is 5.91 Å². The number of carbonyl (C=O) groups is 2. The highest BCUT2D eigenvalue weighted by Gasteiger charge is 2.38. The van der Waals surface area contributed by atoms with E-state index in [2.05, 4.69) is 0 Å². The van der Waals surface area contributed by atoms with E-state index in [1.807, 2.05) is 22.4 Å². The Balaban J connectivity index is 0.00000243. The number of halogens is 1. The van der Waals surface area contributed by atoms with E-state index in [-0.39, 0.29) is 36.4 Å². The van der Waals surface area contributed by atoms with Gasteiger partial charge in [0.15, 0.2) is 0 Å². The maximum atomic E-state index is 12.9. The molecule has 26 heavy (non-hydrogen) atoms. The summed E-state index contributed by atoms with van der Waals surface area (Å²) in [6.45, 7) is 3.44. The highest BCUT2D eigenvalue weighted by Crippen LogP contribution is 2.25. The first-order valence-corrected chi connectivity index (χ1v) is 10.0. The van der Waals surface area contributed by atoms with Gasteiger partial charge in [0, 0.05) is 26.2 Å². The first-order chi connectivity index (χ1) is 12.2. The number of ether oxygens (including phenoxy) is 1. The van der Waals surface area contributed by atoms with Crippen molar-refractivity contribution < 1.29 is 14.3 Å². The lowest BCUT2D eigenvalue weighted by atomic mass is 10.1. The minimum Gasteiger partial charge on any atom is -0.378 e. The molecule has 1 atom stereocenters. The predicted octanol–water partition coefficient (Wildman–Crippen LogP) is 2.13. The number of nitrogens with two attached hydrogens (primary N) is 1. The van der Waals surface area contributed by atoms with Crippen molar-refractivity contribution in [2.45, 2.75) is 44.2 Å². The molecule has 2 aliphatic heterocycles. The van der Waals surface area contributed by atoms with Crippen molar-refractivity contribution in [3.05, 3.63) is 22.4 Å². The molecular weight excluding hydrogens is 374 g/mol. The number of likely N-dealkylation sites (tertiary alicyclic amines) is 2. The summed E-state index contributed by atoms with van der Waals surface area (Å²) in [5, 5.41) is 1.90. The highest BCUT2D eigenvalue weighted by molar-refractivity contribution is 7.12. The number of hydrogen-bond donors (Lipinski definition) is 1. The number of rotatable bonds is 6. The van der Waals surface area contributed by atoms with E-state index in [0.717, 1.165) is 32.1 Å². The van der Waals surface area contributed by atoms with E-state index in [9.17, 15) is 9.59 Å². The Morgan fingerprint density at radius 1 is 1.23 bits per heavy atom. The second-order valence-corrected chi connectivity index (χ2v) is 7.62. The minimum atomic E-state index is -0.302. The summed E-state index contributed by atoms with van der Waals surface area (Å²) in [7, 11) is 0. The van der Waals surface area contributed by atoms with E-state index < -0.39 is 0 Å². The molecule has 2 amide bonds. The Kier molecular flexibility index (Phi) is 8.34. The van der Waals surface area contributed by atoms with Gasteiger partial charge in [-0.1, -0.05) is 6.07 Å². The number of thiophene rings is 1. The summed E-state index contributed by atoms with van der Waals surface area (Å²) >= 11 is 1.44. The van der Waals surface area contributed by atoms with Crippen LogP contribution in [0.5, 0.6) is 0 Å². The fraction of sp³-hybridized carbons (Fsp3) is 0.667. The summed E-state index contributed by atoms with van der Waals surface area (Å²) in [4.78, 5) is 30.0. The topological polar surface area (TPSA) is 75.9 Å². The van der Waals surface area contributed by atoms with Crippen LogP contribution < -0.4 is 5.73 Å². The Labute approximate surface area is 165 Å². The minimum absolute atomic E-state index is 0. The number of amides is 2. The van der Waals surface area contributed by atoms with E-state index in [0.29, 0.717) is 37.7 Å². The van der Waals surface area contributed by atoms with Gasteiger partial charge >= 0.3 is 0 Å². The van der Waals surface area contributed by atoms with Gasteiger partial charge in [0.1, 0.15) is 6.04 Å². The molecule has 0 bridgehead atoms. The summed E-state index contributed by atoms with van der Waals surface area (Å²) in [6, 6.07) is 3.40. The van der Waals surface area contributed by atoms with E-state index in [1.165, 1.54) is 11.3 Å². The van der Waals surface area contributed by atoms with Crippen molar-refractivity contribution in [1.82, 2.24) is 9.80 Å². The van der Waals surface area contributed by atoms with Gasteiger partial charge < -0.3 is 20.3 Å². The lowest BCUT2D eigenvalue weighted by Crippen LogP contribution is -2.50. The van der Waals surface area contributed by atoms with Gasteiger partial charge in [-0.3, -0.25) is 9.59 Å². The molecule has 1 unspecified atom stereocenters. The summed E-state index contributed by atoms with van der Waals surface area (Å²) in [6.07, 6.45) is 4.49. The second-order valence-electron chi connectivity index (χ2n) is 6.67. The SMILES string of the molecule is Cl.NCCCOC1CCN(C(=O)C2CCCN2C(=O)c2cccs2)CC1. The van der Waals surface area contributed by atoms with Gasteiger partial charge in [0.05, 0.1) is 11.0 Å². The van der Waals surface area contributed by atoms with Crippen LogP contribution in [-0.2, 0) is 9.53 Å². The third-order valence-corrected chi connectivity index (χ3v) is 5.84. The second kappa shape index (κ2) is 10.3. The molecular formula is C18H28ClN3O3S. The van der Waals surface area contributed by atoms with Crippen LogP contribution in [0.15, 0.2) is 17.5 Å². The highest BCUT2D eigenvalue weighted by atomic mass is 35.5. The van der Waals surface area contributed by atoms with Gasteiger partial charge in [-0.15, -0.1) is 23.7 Å². The average Bonchev–Trinajstić information content (AvgIpc) is 3.33. The van der Waals surface area contributed by atoms with Crippen molar-refractivity contribution in [3.63, 3.8) is 0 Å². The molecule has 3 rings (SSSR count). The van der Waals surface area contributed by atoms with E-state index in [1.54, 1.807) is 4.90 Å². The van der Waals surface area contributed by atoms with Crippen molar-refractivity contribution in [3.8, 4) is 0 Å². The maximum Gasteiger partial charge on any atom is 0.264 e. The van der Waals surface area contributed by atoms with Crippen LogP contribution >= 0.6 is 23.7 Å². The molecule has 1 aromatic rings. The third-order valence-electron chi connectivity index (χ3n) is 4.99. The molecule has 6 nitrogen and oxygen atoms in total. The average molecular weight is 402 g/mol. The van der Waals surface area contributed by atoms with Crippen LogP contribution in [-0.4, -0.2) is 66.5 Å². The van der Waals surface area contributed by atoms with Crippen LogP contribution in [0.2, 0.25) is 0 Å². The summed E-state index contributed by atoms with van der Waals surface area (Å²) in [5.41, 5.74) is 5.48. The van der Waals surface area contributed by atoms with Crippen LogP contribution in [0.25, 0.3) is 0 Å². The number of nitrogens with zero attached hydrogens (tertiary/aromatic N) is 2. The van der Waals surface area contributed by atoms with Gasteiger partial charge in [-0.2, -0.15) is 0 Å². The Hall–Kier alpha value is -1.15. The maximum absolute atomic E-state index is 12.9. The quantitative estimate of drug-likeness (QED) is 0.741. The van der Waals surface area contributed by atoms with Crippen LogP contribution in [0.4, 0.5) is 0 Å². The molecule has 0 spiro atoms. The zero-order valence-corrected chi connectivity index (χ0v) is 16.6. The Morgan fingerprint density at radius 3 is 2.65 bits per heavy atom. The van der Waals surface area contributed by atoms with Crippen molar-refractivity contribution in [2.24, 2.45) is 5.73 Å². The molecule has 2 fully saturated rings. The number of carbonyl (C=O) groups excluding carboxylic acids is 2. The third kappa shape index (κ3) is 4.97. The lowest BCUT2D eigenvalue weighted by molar-refractivity contribution is -0.137. The van der Waals surface area contributed by atoms with Crippen molar-refractivity contribution >= 4 is 35.6 Å². The molecule has 3 heterocycles. The molecule has 0 saturated carbocycles. The molecule has 1 aromatic heterocycles. The first kappa shape index (κ1) is 21.2. The molecule has 8 heteroatoms. The zero-order chi connectivity index (χ0) is 17.6. The Morgan fingerprint density at radius 2 is 2.00 bits per heavy atom. The van der Waals surface area contributed by atoms with E-state index in [4.69, 9.17) is 10.5 Å². The largest absolute Gasteiger partial charge is 0.378 e. The molecule has 0 aliphatic carbocycles. The smallest absolute Gasteiger partial charge is 0.264 e. The fourth-order valence-electron chi connectivity index (χ4n) is 3.60. The van der Waals surface area contributed by atoms with Crippen LogP contribution in [0.1, 0.15) is 41.8 Å². The zero-order valence-electron chi connectivity index (χ0n) is 15.0. The van der Waals surface area contributed by atoms with Gasteiger partial charge in [-0.05, 0) is 50.1 Å². The van der Waals surface area contributed by atoms with Crippen LogP contribution in [0, 0.1) is 0 Å². The number of piperidine rings is 1. The predicted molar refractivity (Wildman–Crippen MR) is 105 cm³/mol. The lowest BCUT2D eigenvalue weighted by Gasteiger charge is -2.35. The van der Waals surface area contributed by atoms with Crippen molar-refractivity contribution in [1.29, 1.82) is 0 Å². The molecule has 146 valence electrons. The monoisotopic (exact) mass is 401 g/mol. The normalized spacial score (nSPS) is 20.9. The Bertz CT molecular complexity index is 576. The van der Waals surface area contributed by atoms with E-state index >= 15 is 0 Å². The molecule has 2 N–H and O–H groups in total. The fourth-order valence-corrected chi connectivity index (χ4v) is 4.27. The van der Waals surface area contributed by atoms with Gasteiger partial charge in [-0.25, -0.2) is 0 Å². The summed E-state index contributed by atoms with van der Waals surface area (Å²) < 4.78 is 5.80. The van der Waals surface area contributed by atoms with Gasteiger partial charge in [0.25, 0.3) is 5.91 Å². The molecule has 0 aromatic carbocycles. The number of hydrogen-bond acceptors (Lipinski definition) is 5. The van der Waals surface area contributed by atoms with Crippen molar-refractivity contribution in [2.75, 3.05) is 32.8 Å². The first-order valence-electron chi connectivity index (χ1n) is 9.15. The van der Waals surface area contributed by atoms with Crippen LogP contribution in [0.3, 0.4) is 0 Å². The molecule has 2 saturated heterocycles. The molecule has 0 radical (unpaired) electrons. The summed E-state index contributed by atoms with van der Waals surface area (Å²) in [5.74, 6) is 0.0914. The standard InChI is InChI=1S/C18H27N3O3S.ClH/c19-8-3-12-24-14-6-10-20(11-7-14)17(22)15-4-1-9-21(15)18(23)16-5-2-13-25-16;/h2,5,13-15H,1,3-4,6-12,19H2;1H.